The Morgan fingerprint density at radius 2 is 2.00 bits per heavy atom. The van der Waals surface area contributed by atoms with Crippen LogP contribution in [0.5, 0.6) is 0 Å². The van der Waals surface area contributed by atoms with Gasteiger partial charge in [-0.3, -0.25) is 9.69 Å². The first kappa shape index (κ1) is 19.4. The molecule has 1 aliphatic rings. The molecule has 9 heteroatoms. The Hall–Kier alpha value is -2.94. The van der Waals surface area contributed by atoms with E-state index in [0.29, 0.717) is 12.6 Å². The van der Waals surface area contributed by atoms with Crippen LogP contribution in [0, 0.1) is 5.82 Å². The summed E-state index contributed by atoms with van der Waals surface area (Å²) < 4.78 is 54.4. The van der Waals surface area contributed by atoms with Crippen molar-refractivity contribution in [2.24, 2.45) is 7.05 Å². The average Bonchev–Trinajstić information content (AvgIpc) is 3.00. The van der Waals surface area contributed by atoms with Gasteiger partial charge in [0, 0.05) is 20.1 Å². The van der Waals surface area contributed by atoms with Crippen LogP contribution in [0.2, 0.25) is 0 Å². The number of amides is 1. The minimum Gasteiger partial charge on any atom is -0.347 e. The normalized spacial score (nSPS) is 18.2. The van der Waals surface area contributed by atoms with Crippen LogP contribution >= 0.6 is 0 Å². The molecule has 0 aliphatic carbocycles. The summed E-state index contributed by atoms with van der Waals surface area (Å²) in [6.07, 6.45) is -2.93. The molecule has 0 unspecified atom stereocenters. The van der Waals surface area contributed by atoms with E-state index in [1.165, 1.54) is 0 Å². The molecule has 0 saturated carbocycles. The summed E-state index contributed by atoms with van der Waals surface area (Å²) in [5, 5.41) is 2.91. The second kappa shape index (κ2) is 7.14. The Bertz CT molecular complexity index is 1080. The number of aromatic nitrogens is 2. The number of halogens is 4. The summed E-state index contributed by atoms with van der Waals surface area (Å²) in [4.78, 5) is 18.2. The number of nitrogens with one attached hydrogen (secondary N) is 1. The van der Waals surface area contributed by atoms with E-state index in [0.717, 1.165) is 28.7 Å². The molecule has 1 N–H and O–H groups in total. The second-order valence-corrected chi connectivity index (χ2v) is 7.24. The molecule has 3 aromatic rings. The van der Waals surface area contributed by atoms with Gasteiger partial charge in [0.2, 0.25) is 5.91 Å². The number of piperazine rings is 1. The lowest BCUT2D eigenvalue weighted by atomic mass is 10.0. The highest BCUT2D eigenvalue weighted by Crippen LogP contribution is 2.31. The number of fused-ring (bicyclic) bond motifs is 1. The quantitative estimate of drug-likeness (QED) is 0.679. The van der Waals surface area contributed by atoms with Crippen molar-refractivity contribution < 1.29 is 22.4 Å². The Kier molecular flexibility index (Phi) is 4.77. The summed E-state index contributed by atoms with van der Waals surface area (Å²) >= 11 is 0. The number of nitrogens with zero attached hydrogens (tertiary/aromatic N) is 3. The van der Waals surface area contributed by atoms with Crippen LogP contribution < -0.4 is 5.32 Å². The van der Waals surface area contributed by atoms with Crippen molar-refractivity contribution in [2.75, 3.05) is 13.1 Å². The highest BCUT2D eigenvalue weighted by atomic mass is 19.4. The molecule has 1 aliphatic heterocycles. The summed E-state index contributed by atoms with van der Waals surface area (Å²) in [5.41, 5.74) is 1.75. The van der Waals surface area contributed by atoms with Gasteiger partial charge in [-0.05, 0) is 41.5 Å². The Morgan fingerprint density at radius 3 is 2.76 bits per heavy atom. The highest BCUT2D eigenvalue weighted by Gasteiger charge is 2.32. The summed E-state index contributed by atoms with van der Waals surface area (Å²) in [6.45, 7) is 0.466. The van der Waals surface area contributed by atoms with Crippen molar-refractivity contribution in [1.82, 2.24) is 19.8 Å². The molecule has 1 atom stereocenters. The van der Waals surface area contributed by atoms with E-state index in [1.54, 1.807) is 11.2 Å². The van der Waals surface area contributed by atoms with Crippen molar-refractivity contribution in [2.45, 2.75) is 18.8 Å². The summed E-state index contributed by atoms with van der Waals surface area (Å²) in [5.74, 6) is -1.19. The van der Waals surface area contributed by atoms with Crippen molar-refractivity contribution in [3.05, 3.63) is 65.2 Å². The lowest BCUT2D eigenvalue weighted by Gasteiger charge is -2.33. The molecular weight excluding hydrogens is 388 g/mol. The molecule has 1 aromatic heterocycles. The maximum atomic E-state index is 13.7. The van der Waals surface area contributed by atoms with Gasteiger partial charge in [-0.2, -0.15) is 13.2 Å². The first-order valence-electron chi connectivity index (χ1n) is 8.98. The number of carbonyl (C=O) groups excluding carboxylic acids is 1. The number of alkyl halides is 3. The van der Waals surface area contributed by atoms with Gasteiger partial charge in [0.1, 0.15) is 5.82 Å². The van der Waals surface area contributed by atoms with Gasteiger partial charge in [0.25, 0.3) is 0 Å². The van der Waals surface area contributed by atoms with Crippen molar-refractivity contribution >= 4 is 16.9 Å². The number of carbonyl (C=O) groups is 1. The van der Waals surface area contributed by atoms with E-state index < -0.39 is 17.6 Å². The van der Waals surface area contributed by atoms with E-state index in [9.17, 15) is 22.4 Å². The second-order valence-electron chi connectivity index (χ2n) is 7.24. The number of aryl methyl sites for hydroxylation is 1. The van der Waals surface area contributed by atoms with Gasteiger partial charge in [0.05, 0.1) is 35.5 Å². The fourth-order valence-electron chi connectivity index (χ4n) is 3.64. The lowest BCUT2D eigenvalue weighted by Crippen LogP contribution is -2.49. The molecule has 5 nitrogen and oxygen atoms in total. The molecule has 1 amide bonds. The van der Waals surface area contributed by atoms with Gasteiger partial charge < -0.3 is 9.88 Å². The van der Waals surface area contributed by atoms with Gasteiger partial charge in [-0.1, -0.05) is 6.07 Å². The predicted molar refractivity (Wildman–Crippen MR) is 98.3 cm³/mol. The van der Waals surface area contributed by atoms with Gasteiger partial charge >= 0.3 is 6.18 Å². The van der Waals surface area contributed by atoms with Crippen molar-refractivity contribution in [3.63, 3.8) is 0 Å². The van der Waals surface area contributed by atoms with Gasteiger partial charge in [-0.15, -0.1) is 0 Å². The van der Waals surface area contributed by atoms with E-state index >= 15 is 0 Å². The molecule has 2 aromatic carbocycles. The van der Waals surface area contributed by atoms with Crippen LogP contribution in [0.15, 0.2) is 42.7 Å². The number of hydrogen-bond acceptors (Lipinski definition) is 3. The molecule has 0 spiro atoms. The molecule has 152 valence electrons. The third kappa shape index (κ3) is 4.09. The molecule has 29 heavy (non-hydrogen) atoms. The lowest BCUT2D eigenvalue weighted by molar-refractivity contribution is -0.138. The van der Waals surface area contributed by atoms with Crippen LogP contribution in [0.3, 0.4) is 0 Å². The van der Waals surface area contributed by atoms with Gasteiger partial charge in [-0.25, -0.2) is 9.37 Å². The van der Waals surface area contributed by atoms with E-state index in [2.05, 4.69) is 10.3 Å². The maximum absolute atomic E-state index is 13.7. The third-order valence-electron chi connectivity index (χ3n) is 4.99. The number of imidazole rings is 1. The third-order valence-corrected chi connectivity index (χ3v) is 4.99. The van der Waals surface area contributed by atoms with Crippen LogP contribution in [-0.4, -0.2) is 33.4 Å². The fraction of sp³-hybridized carbons (Fsp3) is 0.300. The molecule has 1 fully saturated rings. The molecule has 4 rings (SSSR count). The Labute approximate surface area is 163 Å². The van der Waals surface area contributed by atoms with E-state index in [4.69, 9.17) is 0 Å². The first-order valence-corrected chi connectivity index (χ1v) is 8.98. The monoisotopic (exact) mass is 406 g/mol. The summed E-state index contributed by atoms with van der Waals surface area (Å²) in [7, 11) is 1.87. The Morgan fingerprint density at radius 1 is 1.21 bits per heavy atom. The average molecular weight is 406 g/mol. The smallest absolute Gasteiger partial charge is 0.347 e. The van der Waals surface area contributed by atoms with Crippen molar-refractivity contribution in [1.29, 1.82) is 0 Å². The highest BCUT2D eigenvalue weighted by molar-refractivity contribution is 5.80. The number of hydrogen-bond donors (Lipinski definition) is 1. The number of benzene rings is 2. The minimum absolute atomic E-state index is 0.0301. The maximum Gasteiger partial charge on any atom is 0.416 e. The van der Waals surface area contributed by atoms with Crippen molar-refractivity contribution in [3.8, 4) is 0 Å². The van der Waals surface area contributed by atoms with Crippen LogP contribution in [0.25, 0.3) is 11.0 Å². The molecular formula is C20H18F4N4O. The zero-order valence-corrected chi connectivity index (χ0v) is 15.5. The van der Waals surface area contributed by atoms with E-state index in [1.807, 2.05) is 29.8 Å². The number of rotatable bonds is 3. The molecule has 1 saturated heterocycles. The van der Waals surface area contributed by atoms with E-state index in [-0.39, 0.29) is 30.6 Å². The van der Waals surface area contributed by atoms with Crippen LogP contribution in [0.4, 0.5) is 17.6 Å². The minimum atomic E-state index is -4.63. The van der Waals surface area contributed by atoms with Crippen LogP contribution in [0.1, 0.15) is 22.7 Å². The molecule has 0 bridgehead atoms. The molecule has 2 heterocycles. The summed E-state index contributed by atoms with van der Waals surface area (Å²) in [6, 6.07) is 7.79. The zero-order valence-electron chi connectivity index (χ0n) is 15.5. The Balaban J connectivity index is 1.57. The first-order chi connectivity index (χ1) is 13.7. The van der Waals surface area contributed by atoms with Gasteiger partial charge in [0.15, 0.2) is 0 Å². The molecule has 0 radical (unpaired) electrons. The SMILES string of the molecule is Cn1cnc2ccc([C@H]3CN(Cc4cc(F)cc(C(F)(F)F)c4)CC(=O)N3)cc21. The van der Waals surface area contributed by atoms with Crippen LogP contribution in [-0.2, 0) is 24.6 Å². The topological polar surface area (TPSA) is 50.2 Å². The predicted octanol–water partition coefficient (Wildman–Crippen LogP) is 3.40. The zero-order chi connectivity index (χ0) is 20.8. The fourth-order valence-corrected chi connectivity index (χ4v) is 3.64. The standard InChI is InChI=1S/C20H18F4N4O/c1-27-11-25-16-3-2-13(6-18(16)27)17-9-28(10-19(29)26-17)8-12-4-14(20(22,23)24)7-15(21)5-12/h2-7,11,17H,8-10H2,1H3,(H,26,29)/t17-/m1/s1. The largest absolute Gasteiger partial charge is 0.416 e.